The summed E-state index contributed by atoms with van der Waals surface area (Å²) in [5, 5.41) is 12.5. The average molecular weight is 269 g/mol. The van der Waals surface area contributed by atoms with Gasteiger partial charge in [-0.1, -0.05) is 0 Å². The Bertz CT molecular complexity index is 364. The molecule has 2 N–H and O–H groups in total. The molecule has 2 rings (SSSR count). The van der Waals surface area contributed by atoms with Crippen molar-refractivity contribution in [3.63, 3.8) is 0 Å². The topological polar surface area (TPSA) is 72.9 Å². The van der Waals surface area contributed by atoms with Crippen LogP contribution in [0.15, 0.2) is 0 Å². The van der Waals surface area contributed by atoms with Crippen molar-refractivity contribution >= 4 is 11.9 Å². The number of piperazine rings is 1. The Balaban J connectivity index is 2.10. The molecular weight excluding hydrogens is 246 g/mol. The molecule has 0 saturated carbocycles. The van der Waals surface area contributed by atoms with Crippen LogP contribution in [-0.4, -0.2) is 71.1 Å². The Kier molecular flexibility index (Phi) is 4.10. The second-order valence-electron chi connectivity index (χ2n) is 5.79. The van der Waals surface area contributed by atoms with Gasteiger partial charge in [-0.15, -0.1) is 0 Å². The van der Waals surface area contributed by atoms with Crippen molar-refractivity contribution in [3.8, 4) is 0 Å². The third-order valence-corrected chi connectivity index (χ3v) is 4.23. The molecule has 0 bridgehead atoms. The molecular formula is C13H23N3O3. The largest absolute Gasteiger partial charge is 0.480 e. The van der Waals surface area contributed by atoms with E-state index in [0.717, 1.165) is 32.6 Å². The third kappa shape index (κ3) is 2.74. The van der Waals surface area contributed by atoms with Crippen LogP contribution in [0.25, 0.3) is 0 Å². The Labute approximate surface area is 113 Å². The first kappa shape index (κ1) is 14.3. The smallest absolute Gasteiger partial charge is 0.326 e. The molecule has 0 aromatic rings. The zero-order chi connectivity index (χ0) is 14.0. The summed E-state index contributed by atoms with van der Waals surface area (Å²) < 4.78 is 0. The minimum atomic E-state index is -0.887. The molecule has 1 atom stereocenters. The predicted molar refractivity (Wildman–Crippen MR) is 70.9 cm³/mol. The molecule has 2 heterocycles. The fraction of sp³-hybridized carbons (Fsp3) is 0.846. The van der Waals surface area contributed by atoms with E-state index in [1.807, 2.05) is 13.8 Å². The summed E-state index contributed by atoms with van der Waals surface area (Å²) >= 11 is 0. The third-order valence-electron chi connectivity index (χ3n) is 4.23. The lowest BCUT2D eigenvalue weighted by atomic mass is 9.99. The van der Waals surface area contributed by atoms with E-state index >= 15 is 0 Å². The fourth-order valence-corrected chi connectivity index (χ4v) is 2.98. The maximum Gasteiger partial charge on any atom is 0.326 e. The zero-order valence-corrected chi connectivity index (χ0v) is 11.7. The second kappa shape index (κ2) is 5.46. The van der Waals surface area contributed by atoms with Crippen LogP contribution in [0, 0.1) is 0 Å². The zero-order valence-electron chi connectivity index (χ0n) is 11.7. The number of amides is 1. The number of likely N-dealkylation sites (tertiary alicyclic amines) is 1. The minimum absolute atomic E-state index is 0.0562. The summed E-state index contributed by atoms with van der Waals surface area (Å²) in [6, 6.07) is -0.644. The molecule has 0 spiro atoms. The van der Waals surface area contributed by atoms with Crippen LogP contribution in [0.3, 0.4) is 0 Å². The standard InChI is InChI=1S/C13H23N3O3/c1-13(2,15-8-5-14-6-9-15)12(19)16-7-3-4-10(16)11(17)18/h10,14H,3-9H2,1-2H3,(H,17,18). The minimum Gasteiger partial charge on any atom is -0.480 e. The second-order valence-corrected chi connectivity index (χ2v) is 5.79. The van der Waals surface area contributed by atoms with Crippen molar-refractivity contribution in [1.82, 2.24) is 15.1 Å². The van der Waals surface area contributed by atoms with Gasteiger partial charge in [0, 0.05) is 32.7 Å². The van der Waals surface area contributed by atoms with Crippen molar-refractivity contribution in [3.05, 3.63) is 0 Å². The first-order valence-corrected chi connectivity index (χ1v) is 6.94. The van der Waals surface area contributed by atoms with Crippen molar-refractivity contribution in [2.45, 2.75) is 38.3 Å². The number of carboxylic acids is 1. The summed E-state index contributed by atoms with van der Waals surface area (Å²) in [7, 11) is 0. The van der Waals surface area contributed by atoms with Crippen LogP contribution in [0.4, 0.5) is 0 Å². The molecule has 6 heteroatoms. The van der Waals surface area contributed by atoms with Gasteiger partial charge in [-0.05, 0) is 26.7 Å². The number of nitrogens with one attached hydrogen (secondary N) is 1. The highest BCUT2D eigenvalue weighted by molar-refractivity contribution is 5.90. The maximum atomic E-state index is 12.7. The molecule has 108 valence electrons. The number of carbonyl (C=O) groups excluding carboxylic acids is 1. The molecule has 0 radical (unpaired) electrons. The van der Waals surface area contributed by atoms with Crippen LogP contribution in [-0.2, 0) is 9.59 Å². The lowest BCUT2D eigenvalue weighted by Crippen LogP contribution is -2.61. The van der Waals surface area contributed by atoms with E-state index in [1.54, 1.807) is 4.90 Å². The van der Waals surface area contributed by atoms with Gasteiger partial charge in [-0.3, -0.25) is 9.69 Å². The van der Waals surface area contributed by atoms with E-state index < -0.39 is 17.6 Å². The van der Waals surface area contributed by atoms with Crippen LogP contribution >= 0.6 is 0 Å². The van der Waals surface area contributed by atoms with Crippen LogP contribution in [0.1, 0.15) is 26.7 Å². The molecule has 0 aromatic heterocycles. The van der Waals surface area contributed by atoms with Crippen molar-refractivity contribution in [2.24, 2.45) is 0 Å². The molecule has 2 fully saturated rings. The summed E-state index contributed by atoms with van der Waals surface area (Å²) in [4.78, 5) is 27.6. The number of rotatable bonds is 3. The van der Waals surface area contributed by atoms with E-state index in [-0.39, 0.29) is 5.91 Å². The van der Waals surface area contributed by atoms with Crippen LogP contribution < -0.4 is 5.32 Å². The summed E-state index contributed by atoms with van der Waals surface area (Å²) in [6.45, 7) is 7.76. The van der Waals surface area contributed by atoms with Crippen LogP contribution in [0.2, 0.25) is 0 Å². The number of carbonyl (C=O) groups is 2. The van der Waals surface area contributed by atoms with Gasteiger partial charge in [0.1, 0.15) is 6.04 Å². The monoisotopic (exact) mass is 269 g/mol. The first-order valence-electron chi connectivity index (χ1n) is 6.94. The average Bonchev–Trinajstić information content (AvgIpc) is 2.88. The van der Waals surface area contributed by atoms with E-state index in [4.69, 9.17) is 0 Å². The SMILES string of the molecule is CC(C)(C(=O)N1CCCC1C(=O)O)N1CCNCC1. The number of nitrogens with zero attached hydrogens (tertiary/aromatic N) is 2. The van der Waals surface area contributed by atoms with E-state index in [9.17, 15) is 14.7 Å². The normalized spacial score (nSPS) is 25.6. The van der Waals surface area contributed by atoms with Gasteiger partial charge in [-0.2, -0.15) is 0 Å². The molecule has 1 amide bonds. The van der Waals surface area contributed by atoms with E-state index in [1.165, 1.54) is 0 Å². The highest BCUT2D eigenvalue weighted by Crippen LogP contribution is 2.25. The quantitative estimate of drug-likeness (QED) is 0.739. The first-order chi connectivity index (χ1) is 8.94. The van der Waals surface area contributed by atoms with Gasteiger partial charge in [0.15, 0.2) is 0 Å². The van der Waals surface area contributed by atoms with Gasteiger partial charge in [0.2, 0.25) is 5.91 Å². The van der Waals surface area contributed by atoms with Crippen molar-refractivity contribution in [2.75, 3.05) is 32.7 Å². The molecule has 6 nitrogen and oxygen atoms in total. The predicted octanol–water partition coefficient (Wildman–Crippen LogP) is -0.254. The highest BCUT2D eigenvalue weighted by Gasteiger charge is 2.43. The van der Waals surface area contributed by atoms with E-state index in [2.05, 4.69) is 10.2 Å². The summed E-state index contributed by atoms with van der Waals surface area (Å²) in [5.74, 6) is -0.943. The molecule has 19 heavy (non-hydrogen) atoms. The number of hydrogen-bond acceptors (Lipinski definition) is 4. The van der Waals surface area contributed by atoms with Crippen molar-refractivity contribution < 1.29 is 14.7 Å². The molecule has 1 unspecified atom stereocenters. The summed E-state index contributed by atoms with van der Waals surface area (Å²) in [6.07, 6.45) is 1.35. The fourth-order valence-electron chi connectivity index (χ4n) is 2.98. The Hall–Kier alpha value is -1.14. The Morgan fingerprint density at radius 1 is 1.21 bits per heavy atom. The molecule has 0 aromatic carbocycles. The van der Waals surface area contributed by atoms with Gasteiger partial charge in [-0.25, -0.2) is 4.79 Å². The van der Waals surface area contributed by atoms with Crippen LogP contribution in [0.5, 0.6) is 0 Å². The maximum absolute atomic E-state index is 12.7. The lowest BCUT2D eigenvalue weighted by Gasteiger charge is -2.42. The lowest BCUT2D eigenvalue weighted by molar-refractivity contribution is -0.153. The molecule has 2 aliphatic heterocycles. The van der Waals surface area contributed by atoms with Gasteiger partial charge >= 0.3 is 5.97 Å². The number of hydrogen-bond donors (Lipinski definition) is 2. The molecule has 0 aliphatic carbocycles. The number of aliphatic carboxylic acids is 1. The number of carboxylic acid groups (broad SMARTS) is 1. The van der Waals surface area contributed by atoms with Crippen molar-refractivity contribution in [1.29, 1.82) is 0 Å². The molecule has 2 saturated heterocycles. The summed E-state index contributed by atoms with van der Waals surface area (Å²) in [5.41, 5.74) is -0.625. The Morgan fingerprint density at radius 3 is 2.42 bits per heavy atom. The van der Waals surface area contributed by atoms with Gasteiger partial charge in [0.25, 0.3) is 0 Å². The van der Waals surface area contributed by atoms with Gasteiger partial charge in [0.05, 0.1) is 5.54 Å². The highest BCUT2D eigenvalue weighted by atomic mass is 16.4. The molecule has 2 aliphatic rings. The van der Waals surface area contributed by atoms with E-state index in [0.29, 0.717) is 13.0 Å². The Morgan fingerprint density at radius 2 is 1.84 bits per heavy atom. The van der Waals surface area contributed by atoms with Gasteiger partial charge < -0.3 is 15.3 Å².